The third kappa shape index (κ3) is 2.59. The second-order valence-corrected chi connectivity index (χ2v) is 8.82. The lowest BCUT2D eigenvalue weighted by Gasteiger charge is -2.57. The van der Waals surface area contributed by atoms with Gasteiger partial charge < -0.3 is 15.3 Å². The summed E-state index contributed by atoms with van der Waals surface area (Å²) >= 11 is 0. The van der Waals surface area contributed by atoms with Gasteiger partial charge in [0.25, 0.3) is 0 Å². The second-order valence-electron chi connectivity index (χ2n) is 8.82. The van der Waals surface area contributed by atoms with E-state index in [1.54, 1.807) is 6.20 Å². The molecular weight excluding hydrogens is 314 g/mol. The van der Waals surface area contributed by atoms with Crippen LogP contribution in [0, 0.1) is 11.3 Å². The van der Waals surface area contributed by atoms with Gasteiger partial charge in [0.15, 0.2) is 0 Å². The van der Waals surface area contributed by atoms with Crippen LogP contribution in [0.4, 0.5) is 0 Å². The van der Waals surface area contributed by atoms with Gasteiger partial charge in [-0.3, -0.25) is 9.78 Å². The maximum Gasteiger partial charge on any atom is 0.232 e. The van der Waals surface area contributed by atoms with Crippen LogP contribution in [0.15, 0.2) is 24.4 Å². The number of amides is 1. The smallest absolute Gasteiger partial charge is 0.232 e. The van der Waals surface area contributed by atoms with Gasteiger partial charge in [0.2, 0.25) is 5.91 Å². The van der Waals surface area contributed by atoms with E-state index in [-0.39, 0.29) is 17.4 Å². The molecule has 3 fully saturated rings. The largest absolute Gasteiger partial charge is 0.391 e. The van der Waals surface area contributed by atoms with E-state index in [4.69, 9.17) is 0 Å². The average Bonchev–Trinajstić information content (AvgIpc) is 3.29. The molecule has 1 spiro atoms. The van der Waals surface area contributed by atoms with Crippen LogP contribution in [-0.2, 0) is 10.2 Å². The highest BCUT2D eigenvalue weighted by molar-refractivity contribution is 5.91. The van der Waals surface area contributed by atoms with Gasteiger partial charge in [-0.1, -0.05) is 19.9 Å². The third-order valence-electron chi connectivity index (χ3n) is 6.66. The zero-order chi connectivity index (χ0) is 17.8. The van der Waals surface area contributed by atoms with Crippen LogP contribution in [-0.4, -0.2) is 52.7 Å². The predicted octanol–water partition coefficient (Wildman–Crippen LogP) is 1.71. The number of aliphatic hydroxyl groups is 1. The van der Waals surface area contributed by atoms with Crippen molar-refractivity contribution in [2.45, 2.75) is 63.1 Å². The molecule has 4 atom stereocenters. The Hall–Kier alpha value is -1.46. The van der Waals surface area contributed by atoms with E-state index in [9.17, 15) is 9.90 Å². The highest BCUT2D eigenvalue weighted by atomic mass is 16.3. The summed E-state index contributed by atoms with van der Waals surface area (Å²) in [6.07, 6.45) is 4.67. The Kier molecular flexibility index (Phi) is 3.92. The van der Waals surface area contributed by atoms with Crippen molar-refractivity contribution >= 4 is 5.91 Å². The summed E-state index contributed by atoms with van der Waals surface area (Å²) in [5, 5.41) is 13.8. The third-order valence-corrected chi connectivity index (χ3v) is 6.66. The lowest BCUT2D eigenvalue weighted by molar-refractivity contribution is -0.125. The molecule has 25 heavy (non-hydrogen) atoms. The molecule has 2 aliphatic carbocycles. The molecule has 3 aliphatic rings. The number of hydrogen-bond donors (Lipinski definition) is 2. The molecular formula is C20H29N3O2. The Bertz CT molecular complexity index is 653. The van der Waals surface area contributed by atoms with Gasteiger partial charge in [-0.05, 0) is 50.8 Å². The molecule has 1 amide bonds. The topological polar surface area (TPSA) is 65.5 Å². The van der Waals surface area contributed by atoms with Crippen molar-refractivity contribution in [1.82, 2.24) is 15.2 Å². The monoisotopic (exact) mass is 343 g/mol. The molecule has 0 aromatic carbocycles. The van der Waals surface area contributed by atoms with Crippen LogP contribution in [0.5, 0.6) is 0 Å². The highest BCUT2D eigenvalue weighted by Gasteiger charge is 2.59. The summed E-state index contributed by atoms with van der Waals surface area (Å²) in [6.45, 7) is 5.52. The molecule has 1 aromatic heterocycles. The van der Waals surface area contributed by atoms with Crippen molar-refractivity contribution in [3.63, 3.8) is 0 Å². The number of pyridine rings is 1. The minimum atomic E-state index is -0.468. The van der Waals surface area contributed by atoms with Crippen molar-refractivity contribution in [3.8, 4) is 0 Å². The first-order valence-corrected chi connectivity index (χ1v) is 9.49. The van der Waals surface area contributed by atoms with Gasteiger partial charge in [0.05, 0.1) is 23.3 Å². The molecule has 2 N–H and O–H groups in total. The van der Waals surface area contributed by atoms with Crippen LogP contribution >= 0.6 is 0 Å². The lowest BCUT2D eigenvalue weighted by atomic mass is 9.66. The standard InChI is InChI=1S/C20H29N3O2/c1-13(2)17-19(12-23(17)3)10-14(15(24)11-19)22-18(25)20(7-8-20)16-6-4-5-9-21-16/h4-6,9,13-15,17,24H,7-8,10-12H2,1-3H3,(H,22,25)/t14-,15-,17?,19?/m1/s1. The molecule has 5 nitrogen and oxygen atoms in total. The minimum absolute atomic E-state index is 0.0427. The molecule has 1 saturated heterocycles. The van der Waals surface area contributed by atoms with Crippen LogP contribution in [0.25, 0.3) is 0 Å². The first-order chi connectivity index (χ1) is 11.9. The Balaban J connectivity index is 1.46. The number of nitrogens with zero attached hydrogens (tertiary/aromatic N) is 2. The minimum Gasteiger partial charge on any atom is -0.391 e. The number of aliphatic hydroxyl groups excluding tert-OH is 1. The summed E-state index contributed by atoms with van der Waals surface area (Å²) in [6, 6.07) is 6.11. The number of hydrogen-bond acceptors (Lipinski definition) is 4. The van der Waals surface area contributed by atoms with Gasteiger partial charge in [-0.25, -0.2) is 0 Å². The zero-order valence-corrected chi connectivity index (χ0v) is 15.4. The first kappa shape index (κ1) is 17.0. The normalized spacial score (nSPS) is 36.4. The van der Waals surface area contributed by atoms with Gasteiger partial charge in [0, 0.05) is 24.2 Å². The van der Waals surface area contributed by atoms with Gasteiger partial charge in [-0.15, -0.1) is 0 Å². The van der Waals surface area contributed by atoms with Crippen molar-refractivity contribution < 1.29 is 9.90 Å². The van der Waals surface area contributed by atoms with Gasteiger partial charge in [0.1, 0.15) is 0 Å². The summed E-state index contributed by atoms with van der Waals surface area (Å²) in [7, 11) is 2.16. The maximum atomic E-state index is 13.0. The zero-order valence-electron chi connectivity index (χ0n) is 15.4. The van der Waals surface area contributed by atoms with E-state index in [1.165, 1.54) is 0 Å². The number of aromatic nitrogens is 1. The number of carbonyl (C=O) groups excluding carboxylic acids is 1. The van der Waals surface area contributed by atoms with Crippen LogP contribution < -0.4 is 5.32 Å². The Labute approximate surface area is 149 Å². The lowest BCUT2D eigenvalue weighted by Crippen LogP contribution is -2.64. The van der Waals surface area contributed by atoms with E-state index in [0.717, 1.165) is 37.9 Å². The Morgan fingerprint density at radius 3 is 2.68 bits per heavy atom. The number of nitrogens with one attached hydrogen (secondary N) is 1. The molecule has 5 heteroatoms. The van der Waals surface area contributed by atoms with Crippen LogP contribution in [0.2, 0.25) is 0 Å². The maximum absolute atomic E-state index is 13.0. The number of rotatable bonds is 4. The van der Waals surface area contributed by atoms with Crippen molar-refractivity contribution in [2.24, 2.45) is 11.3 Å². The summed E-state index contributed by atoms with van der Waals surface area (Å²) in [4.78, 5) is 19.7. The average molecular weight is 343 g/mol. The molecule has 0 bridgehead atoms. The molecule has 136 valence electrons. The van der Waals surface area contributed by atoms with Crippen LogP contribution in [0.1, 0.15) is 45.2 Å². The van der Waals surface area contributed by atoms with Crippen molar-refractivity contribution in [2.75, 3.05) is 13.6 Å². The van der Waals surface area contributed by atoms with E-state index in [2.05, 4.69) is 36.1 Å². The summed E-state index contributed by atoms with van der Waals surface area (Å²) in [5.41, 5.74) is 0.546. The summed E-state index contributed by atoms with van der Waals surface area (Å²) < 4.78 is 0. The Morgan fingerprint density at radius 1 is 1.36 bits per heavy atom. The number of likely N-dealkylation sites (tertiary alicyclic amines) is 1. The van der Waals surface area contributed by atoms with E-state index < -0.39 is 11.5 Å². The fraction of sp³-hybridized carbons (Fsp3) is 0.700. The molecule has 4 rings (SSSR count). The molecule has 2 heterocycles. The number of carbonyl (C=O) groups is 1. The quantitative estimate of drug-likeness (QED) is 0.873. The molecule has 2 saturated carbocycles. The molecule has 1 aliphatic heterocycles. The predicted molar refractivity (Wildman–Crippen MR) is 96.0 cm³/mol. The first-order valence-electron chi connectivity index (χ1n) is 9.49. The molecule has 1 aromatic rings. The summed E-state index contributed by atoms with van der Waals surface area (Å²) in [5.74, 6) is 0.602. The van der Waals surface area contributed by atoms with Gasteiger partial charge in [-0.2, -0.15) is 0 Å². The Morgan fingerprint density at radius 2 is 2.12 bits per heavy atom. The van der Waals surface area contributed by atoms with E-state index in [1.807, 2.05) is 18.2 Å². The fourth-order valence-corrected chi connectivity index (χ4v) is 5.67. The molecule has 0 radical (unpaired) electrons. The van der Waals surface area contributed by atoms with Crippen molar-refractivity contribution in [1.29, 1.82) is 0 Å². The fourth-order valence-electron chi connectivity index (χ4n) is 5.67. The van der Waals surface area contributed by atoms with Gasteiger partial charge >= 0.3 is 0 Å². The second kappa shape index (κ2) is 5.78. The van der Waals surface area contributed by atoms with Crippen LogP contribution in [0.3, 0.4) is 0 Å². The SMILES string of the molecule is CC(C)C1N(C)CC12C[C@@H](O)[C@H](NC(=O)C1(c3ccccn3)CC1)C2. The highest BCUT2D eigenvalue weighted by Crippen LogP contribution is 2.53. The van der Waals surface area contributed by atoms with E-state index in [0.29, 0.717) is 12.0 Å². The molecule has 2 unspecified atom stereocenters. The van der Waals surface area contributed by atoms with E-state index >= 15 is 0 Å². The van der Waals surface area contributed by atoms with Crippen molar-refractivity contribution in [3.05, 3.63) is 30.1 Å².